The topological polar surface area (TPSA) is 108 Å². The van der Waals surface area contributed by atoms with Crippen LogP contribution in [0.4, 0.5) is 0 Å². The first-order chi connectivity index (χ1) is 24.5. The Kier molecular flexibility index (Phi) is 34.5. The number of amides is 1. The van der Waals surface area contributed by atoms with Crippen molar-refractivity contribution in [1.82, 2.24) is 5.32 Å². The van der Waals surface area contributed by atoms with E-state index in [0.29, 0.717) is 23.9 Å². The fourth-order valence-corrected chi connectivity index (χ4v) is 6.99. The summed E-state index contributed by atoms with van der Waals surface area (Å²) in [4.78, 5) is 25.1. The highest BCUT2D eigenvalue weighted by Crippen LogP contribution is 2.38. The van der Waals surface area contributed by atoms with E-state index in [1.807, 2.05) is 21.1 Å². The predicted molar refractivity (Wildman–Crippen MR) is 215 cm³/mol. The van der Waals surface area contributed by atoms with E-state index in [0.717, 1.165) is 38.5 Å². The summed E-state index contributed by atoms with van der Waals surface area (Å²) >= 11 is 0. The summed E-state index contributed by atoms with van der Waals surface area (Å²) in [6, 6.07) is -0.793. The van der Waals surface area contributed by atoms with E-state index >= 15 is 0 Å². The maximum atomic E-state index is 12.8. The van der Waals surface area contributed by atoms with E-state index < -0.39 is 20.0 Å². The van der Waals surface area contributed by atoms with Gasteiger partial charge in [-0.3, -0.25) is 9.36 Å². The number of nitrogens with zero attached hydrogens (tertiary/aromatic N) is 1. The Bertz CT molecular complexity index is 850. The van der Waals surface area contributed by atoms with Gasteiger partial charge < -0.3 is 28.8 Å². The number of aliphatic hydroxyl groups excluding tert-OH is 1. The van der Waals surface area contributed by atoms with Gasteiger partial charge in [-0.05, 0) is 38.5 Å². The molecule has 0 saturated carbocycles. The van der Waals surface area contributed by atoms with Crippen molar-refractivity contribution in [3.8, 4) is 0 Å². The second-order valence-electron chi connectivity index (χ2n) is 16.1. The van der Waals surface area contributed by atoms with Gasteiger partial charge in [0.2, 0.25) is 5.91 Å². The second kappa shape index (κ2) is 35.0. The van der Waals surface area contributed by atoms with E-state index in [1.165, 1.54) is 135 Å². The molecule has 0 spiro atoms. The van der Waals surface area contributed by atoms with Gasteiger partial charge in [-0.15, -0.1) is 0 Å². The maximum Gasteiger partial charge on any atom is 0.268 e. The summed E-state index contributed by atoms with van der Waals surface area (Å²) in [6.45, 7) is 4.65. The van der Waals surface area contributed by atoms with Crippen molar-refractivity contribution in [1.29, 1.82) is 0 Å². The summed E-state index contributed by atoms with van der Waals surface area (Å²) in [5.74, 6) is -0.170. The number of carbonyl (C=O) groups is 1. The first kappa shape index (κ1) is 50.2. The molecular formula is C42H85N2O6P. The van der Waals surface area contributed by atoms with Crippen LogP contribution in [-0.4, -0.2) is 68.5 Å². The third kappa shape index (κ3) is 37.4. The molecule has 3 atom stereocenters. The van der Waals surface area contributed by atoms with Crippen LogP contribution in [0.15, 0.2) is 12.2 Å². The van der Waals surface area contributed by atoms with E-state index in [2.05, 4.69) is 31.3 Å². The Labute approximate surface area is 316 Å². The van der Waals surface area contributed by atoms with Crippen LogP contribution in [0.2, 0.25) is 0 Å². The number of hydrogen-bond acceptors (Lipinski definition) is 6. The standard InChI is InChI=1S/C42H85N2O6P/c1-6-8-10-12-14-15-16-17-18-19-20-21-22-23-24-25-26-27-28-29-30-32-34-36-42(46)43-40(41(45)35-33-31-13-11-9-7-2)39-50-51(47,48)49-38-37-44(3,4)5/h19-20,40-41,45H,6-18,21-39H2,1-5H3,(H-,43,46,47,48)/b20-19-. The molecular weight excluding hydrogens is 659 g/mol. The molecule has 1 amide bonds. The van der Waals surface area contributed by atoms with Crippen LogP contribution in [0.1, 0.15) is 200 Å². The average Bonchev–Trinajstić information content (AvgIpc) is 3.07. The highest BCUT2D eigenvalue weighted by molar-refractivity contribution is 7.45. The van der Waals surface area contributed by atoms with E-state index in [9.17, 15) is 19.4 Å². The maximum absolute atomic E-state index is 12.8. The van der Waals surface area contributed by atoms with E-state index in [1.54, 1.807) is 0 Å². The highest BCUT2D eigenvalue weighted by Gasteiger charge is 2.24. The molecule has 0 aromatic heterocycles. The minimum absolute atomic E-state index is 0.0131. The number of phosphoric acid groups is 1. The van der Waals surface area contributed by atoms with Gasteiger partial charge in [0, 0.05) is 6.42 Å². The third-order valence-corrected chi connectivity index (χ3v) is 10.7. The molecule has 0 aliphatic rings. The fraction of sp³-hybridized carbons (Fsp3) is 0.929. The number of likely N-dealkylation sites (N-methyl/N-ethyl adjacent to an activating group) is 1. The Morgan fingerprint density at radius 2 is 1.08 bits per heavy atom. The minimum Gasteiger partial charge on any atom is -0.756 e. The Morgan fingerprint density at radius 1 is 0.667 bits per heavy atom. The van der Waals surface area contributed by atoms with Gasteiger partial charge in [-0.25, -0.2) is 0 Å². The molecule has 0 aliphatic carbocycles. The largest absolute Gasteiger partial charge is 0.756 e. The monoisotopic (exact) mass is 745 g/mol. The molecule has 0 saturated heterocycles. The zero-order valence-electron chi connectivity index (χ0n) is 34.3. The van der Waals surface area contributed by atoms with Crippen molar-refractivity contribution < 1.29 is 32.9 Å². The summed E-state index contributed by atoms with van der Waals surface area (Å²) in [6.07, 6.45) is 38.2. The molecule has 0 fully saturated rings. The number of unbranched alkanes of at least 4 members (excludes halogenated alkanes) is 24. The van der Waals surface area contributed by atoms with Crippen molar-refractivity contribution in [2.75, 3.05) is 40.9 Å². The molecule has 51 heavy (non-hydrogen) atoms. The Balaban J connectivity index is 4.06. The highest BCUT2D eigenvalue weighted by atomic mass is 31.2. The van der Waals surface area contributed by atoms with Gasteiger partial charge in [0.15, 0.2) is 0 Å². The van der Waals surface area contributed by atoms with E-state index in [4.69, 9.17) is 9.05 Å². The number of nitrogens with one attached hydrogen (secondary N) is 1. The quantitative estimate of drug-likeness (QED) is 0.0281. The zero-order valence-corrected chi connectivity index (χ0v) is 35.2. The van der Waals surface area contributed by atoms with Crippen LogP contribution in [0.5, 0.6) is 0 Å². The number of phosphoric ester groups is 1. The first-order valence-corrected chi connectivity index (χ1v) is 23.0. The fourth-order valence-electron chi connectivity index (χ4n) is 6.27. The summed E-state index contributed by atoms with van der Waals surface area (Å²) < 4.78 is 23.1. The van der Waals surface area contributed by atoms with Gasteiger partial charge in [0.25, 0.3) is 7.82 Å². The van der Waals surface area contributed by atoms with Crippen LogP contribution < -0.4 is 10.2 Å². The van der Waals surface area contributed by atoms with Gasteiger partial charge in [0.1, 0.15) is 13.2 Å². The number of aliphatic hydroxyl groups is 1. The van der Waals surface area contributed by atoms with Gasteiger partial charge in [0.05, 0.1) is 39.9 Å². The van der Waals surface area contributed by atoms with Crippen LogP contribution in [0.3, 0.4) is 0 Å². The van der Waals surface area contributed by atoms with E-state index in [-0.39, 0.29) is 19.1 Å². The van der Waals surface area contributed by atoms with Crippen molar-refractivity contribution in [3.63, 3.8) is 0 Å². The second-order valence-corrected chi connectivity index (χ2v) is 17.5. The lowest BCUT2D eigenvalue weighted by Crippen LogP contribution is -2.46. The number of allylic oxidation sites excluding steroid dienone is 2. The lowest BCUT2D eigenvalue weighted by atomic mass is 10.0. The molecule has 0 aromatic rings. The molecule has 0 heterocycles. The average molecular weight is 745 g/mol. The molecule has 0 aliphatic heterocycles. The van der Waals surface area contributed by atoms with Crippen LogP contribution in [0, 0.1) is 0 Å². The molecule has 0 rings (SSSR count). The number of carbonyl (C=O) groups excluding carboxylic acids is 1. The minimum atomic E-state index is -4.55. The summed E-state index contributed by atoms with van der Waals surface area (Å²) in [5.41, 5.74) is 0. The Hall–Kier alpha value is -0.760. The lowest BCUT2D eigenvalue weighted by molar-refractivity contribution is -0.870. The van der Waals surface area contributed by atoms with Crippen LogP contribution >= 0.6 is 7.82 Å². The van der Waals surface area contributed by atoms with Gasteiger partial charge in [-0.1, -0.05) is 167 Å². The number of rotatable bonds is 39. The van der Waals surface area contributed by atoms with Crippen molar-refractivity contribution in [3.05, 3.63) is 12.2 Å². The molecule has 3 unspecified atom stereocenters. The van der Waals surface area contributed by atoms with Gasteiger partial charge in [-0.2, -0.15) is 0 Å². The molecule has 0 radical (unpaired) electrons. The molecule has 304 valence electrons. The summed E-state index contributed by atoms with van der Waals surface area (Å²) in [5, 5.41) is 13.7. The normalized spacial score (nSPS) is 14.6. The summed E-state index contributed by atoms with van der Waals surface area (Å²) in [7, 11) is 1.30. The molecule has 8 nitrogen and oxygen atoms in total. The van der Waals surface area contributed by atoms with Gasteiger partial charge >= 0.3 is 0 Å². The number of quaternary nitrogens is 1. The van der Waals surface area contributed by atoms with Crippen molar-refractivity contribution in [2.24, 2.45) is 0 Å². The SMILES string of the molecule is CCCCCCCCCC/C=C\CCCCCCCCCCCCCC(=O)NC(COP(=O)([O-])OCC[N+](C)(C)C)C(O)CCCCCCCC. The van der Waals surface area contributed by atoms with Crippen LogP contribution in [0.25, 0.3) is 0 Å². The predicted octanol–water partition coefficient (Wildman–Crippen LogP) is 10.9. The van der Waals surface area contributed by atoms with Crippen molar-refractivity contribution in [2.45, 2.75) is 212 Å². The molecule has 2 N–H and O–H groups in total. The zero-order chi connectivity index (χ0) is 37.9. The molecule has 9 heteroatoms. The lowest BCUT2D eigenvalue weighted by Gasteiger charge is -2.30. The molecule has 0 bridgehead atoms. The molecule has 0 aromatic carbocycles. The Morgan fingerprint density at radius 3 is 1.53 bits per heavy atom. The van der Waals surface area contributed by atoms with Crippen LogP contribution in [-0.2, 0) is 18.4 Å². The first-order valence-electron chi connectivity index (χ1n) is 21.5. The smallest absolute Gasteiger partial charge is 0.268 e. The third-order valence-electron chi connectivity index (χ3n) is 9.75. The van der Waals surface area contributed by atoms with Crippen molar-refractivity contribution >= 4 is 13.7 Å². The number of hydrogen-bond donors (Lipinski definition) is 2.